The Bertz CT molecular complexity index is 710. The van der Waals surface area contributed by atoms with Crippen LogP contribution in [0.3, 0.4) is 0 Å². The smallest absolute Gasteiger partial charge is 0.230 e. The van der Waals surface area contributed by atoms with Crippen molar-refractivity contribution in [2.75, 3.05) is 5.73 Å². The Hall–Kier alpha value is -2.14. The third-order valence-corrected chi connectivity index (χ3v) is 3.28. The number of rotatable bonds is 2. The number of hydrogen-bond acceptors (Lipinski definition) is 4. The summed E-state index contributed by atoms with van der Waals surface area (Å²) in [4.78, 5) is 4.00. The van der Waals surface area contributed by atoms with E-state index in [0.717, 1.165) is 26.9 Å². The van der Waals surface area contributed by atoms with Gasteiger partial charge in [-0.05, 0) is 29.8 Å². The maximum Gasteiger partial charge on any atom is 0.230 e. The number of anilines is 1. The summed E-state index contributed by atoms with van der Waals surface area (Å²) in [5.74, 6) is 0.307. The van der Waals surface area contributed by atoms with Crippen molar-refractivity contribution in [1.29, 1.82) is 0 Å². The Morgan fingerprint density at radius 1 is 1.05 bits per heavy atom. The molecule has 2 N–H and O–H groups in total. The molecule has 0 spiro atoms. The van der Waals surface area contributed by atoms with Gasteiger partial charge in [0.15, 0.2) is 0 Å². The minimum Gasteiger partial charge on any atom is -0.367 e. The largest absolute Gasteiger partial charge is 0.367 e. The molecule has 3 aromatic rings. The van der Waals surface area contributed by atoms with Gasteiger partial charge in [-0.3, -0.25) is 4.98 Å². The number of nitrogens with zero attached hydrogens (tertiary/aromatic N) is 2. The minimum atomic E-state index is 0.307. The topological polar surface area (TPSA) is 64.9 Å². The molecule has 94 valence electrons. The second-order valence-electron chi connectivity index (χ2n) is 4.02. The zero-order chi connectivity index (χ0) is 13.2. The molecule has 3 rings (SSSR count). The third kappa shape index (κ3) is 2.24. The number of nitrogens with two attached hydrogens (primary N) is 1. The van der Waals surface area contributed by atoms with E-state index in [9.17, 15) is 0 Å². The van der Waals surface area contributed by atoms with E-state index in [1.807, 2.05) is 36.4 Å². The van der Waals surface area contributed by atoms with Gasteiger partial charge in [0.1, 0.15) is 5.69 Å². The lowest BCUT2D eigenvalue weighted by atomic mass is 10.0. The van der Waals surface area contributed by atoms with Crippen molar-refractivity contribution in [1.82, 2.24) is 10.1 Å². The second-order valence-corrected chi connectivity index (χ2v) is 4.93. The highest BCUT2D eigenvalue weighted by molar-refractivity contribution is 9.10. The molecule has 0 fully saturated rings. The van der Waals surface area contributed by atoms with Gasteiger partial charge in [-0.15, -0.1) is 0 Å². The van der Waals surface area contributed by atoms with E-state index in [4.69, 9.17) is 10.3 Å². The number of aromatic nitrogens is 2. The van der Waals surface area contributed by atoms with Crippen molar-refractivity contribution in [3.63, 3.8) is 0 Å². The molecule has 0 unspecified atom stereocenters. The number of nitrogen functional groups attached to an aromatic ring is 1. The second kappa shape index (κ2) is 4.85. The van der Waals surface area contributed by atoms with Crippen LogP contribution in [0.25, 0.3) is 22.4 Å². The molecule has 1 aromatic carbocycles. The zero-order valence-electron chi connectivity index (χ0n) is 9.88. The van der Waals surface area contributed by atoms with Crippen molar-refractivity contribution in [2.24, 2.45) is 0 Å². The van der Waals surface area contributed by atoms with E-state index in [-0.39, 0.29) is 0 Å². The van der Waals surface area contributed by atoms with Crippen LogP contribution < -0.4 is 5.73 Å². The summed E-state index contributed by atoms with van der Waals surface area (Å²) in [6.45, 7) is 0. The molecule has 0 bridgehead atoms. The summed E-state index contributed by atoms with van der Waals surface area (Å²) >= 11 is 3.45. The normalized spacial score (nSPS) is 10.6. The molecule has 0 aliphatic heterocycles. The van der Waals surface area contributed by atoms with Gasteiger partial charge in [0.25, 0.3) is 0 Å². The van der Waals surface area contributed by atoms with Gasteiger partial charge >= 0.3 is 0 Å². The van der Waals surface area contributed by atoms with E-state index >= 15 is 0 Å². The Morgan fingerprint density at radius 3 is 2.58 bits per heavy atom. The molecule has 2 heterocycles. The number of pyridine rings is 1. The molecule has 0 saturated carbocycles. The maximum absolute atomic E-state index is 5.89. The lowest BCUT2D eigenvalue weighted by Gasteiger charge is -2.02. The SMILES string of the molecule is Nc1onc(-c2cccc(Br)c2)c1-c1ccncc1. The van der Waals surface area contributed by atoms with Gasteiger partial charge in [-0.2, -0.15) is 0 Å². The lowest BCUT2D eigenvalue weighted by Crippen LogP contribution is -1.88. The first-order valence-electron chi connectivity index (χ1n) is 5.67. The van der Waals surface area contributed by atoms with Gasteiger partial charge in [-0.1, -0.05) is 33.2 Å². The van der Waals surface area contributed by atoms with Gasteiger partial charge in [0, 0.05) is 22.4 Å². The summed E-state index contributed by atoms with van der Waals surface area (Å²) in [7, 11) is 0. The van der Waals surface area contributed by atoms with Gasteiger partial charge in [-0.25, -0.2) is 0 Å². The first-order valence-corrected chi connectivity index (χ1v) is 6.46. The average molecular weight is 316 g/mol. The van der Waals surface area contributed by atoms with E-state index in [1.54, 1.807) is 12.4 Å². The fraction of sp³-hybridized carbons (Fsp3) is 0. The van der Waals surface area contributed by atoms with Crippen LogP contribution in [0.2, 0.25) is 0 Å². The third-order valence-electron chi connectivity index (χ3n) is 2.79. The molecule has 0 atom stereocenters. The van der Waals surface area contributed by atoms with Crippen LogP contribution in [0.4, 0.5) is 5.88 Å². The van der Waals surface area contributed by atoms with Crippen LogP contribution in [0.5, 0.6) is 0 Å². The van der Waals surface area contributed by atoms with Gasteiger partial charge < -0.3 is 10.3 Å². The highest BCUT2D eigenvalue weighted by Crippen LogP contribution is 2.36. The van der Waals surface area contributed by atoms with Crippen molar-refractivity contribution >= 4 is 21.8 Å². The molecule has 0 radical (unpaired) electrons. The van der Waals surface area contributed by atoms with Crippen LogP contribution in [0.1, 0.15) is 0 Å². The highest BCUT2D eigenvalue weighted by Gasteiger charge is 2.17. The number of hydrogen-bond donors (Lipinski definition) is 1. The van der Waals surface area contributed by atoms with Crippen LogP contribution >= 0.6 is 15.9 Å². The van der Waals surface area contributed by atoms with Crippen molar-refractivity contribution in [2.45, 2.75) is 0 Å². The van der Waals surface area contributed by atoms with Crippen molar-refractivity contribution in [3.8, 4) is 22.4 Å². The standard InChI is InChI=1S/C14H10BrN3O/c15-11-3-1-2-10(8-11)13-12(14(16)19-18-13)9-4-6-17-7-5-9/h1-8H,16H2. The highest BCUT2D eigenvalue weighted by atomic mass is 79.9. The van der Waals surface area contributed by atoms with E-state index in [1.165, 1.54) is 0 Å². The Morgan fingerprint density at radius 2 is 1.84 bits per heavy atom. The average Bonchev–Trinajstić information content (AvgIpc) is 2.82. The summed E-state index contributed by atoms with van der Waals surface area (Å²) < 4.78 is 6.12. The van der Waals surface area contributed by atoms with Crippen LogP contribution in [-0.2, 0) is 0 Å². The van der Waals surface area contributed by atoms with Crippen molar-refractivity contribution in [3.05, 3.63) is 53.3 Å². The number of benzene rings is 1. The fourth-order valence-electron chi connectivity index (χ4n) is 1.93. The molecule has 5 heteroatoms. The summed E-state index contributed by atoms with van der Waals surface area (Å²) in [6, 6.07) is 11.6. The molecular formula is C14H10BrN3O. The molecule has 19 heavy (non-hydrogen) atoms. The minimum absolute atomic E-state index is 0.307. The summed E-state index contributed by atoms with van der Waals surface area (Å²) in [5, 5.41) is 4.06. The Labute approximate surface area is 118 Å². The Balaban J connectivity index is 2.19. The molecule has 0 saturated heterocycles. The molecule has 0 amide bonds. The van der Waals surface area contributed by atoms with Crippen molar-refractivity contribution < 1.29 is 4.52 Å². The van der Waals surface area contributed by atoms with E-state index in [0.29, 0.717) is 5.88 Å². The predicted octanol–water partition coefficient (Wildman–Crippen LogP) is 3.75. The fourth-order valence-corrected chi connectivity index (χ4v) is 2.33. The first kappa shape index (κ1) is 11.9. The van der Waals surface area contributed by atoms with Gasteiger partial charge in [0.05, 0.1) is 5.56 Å². The monoisotopic (exact) mass is 315 g/mol. The zero-order valence-corrected chi connectivity index (χ0v) is 11.5. The molecule has 0 aliphatic rings. The van der Waals surface area contributed by atoms with E-state index in [2.05, 4.69) is 26.1 Å². The van der Waals surface area contributed by atoms with E-state index < -0.39 is 0 Å². The lowest BCUT2D eigenvalue weighted by molar-refractivity contribution is 0.439. The summed E-state index contributed by atoms with van der Waals surface area (Å²) in [6.07, 6.45) is 3.43. The van der Waals surface area contributed by atoms with Crippen LogP contribution in [0, 0.1) is 0 Å². The first-order chi connectivity index (χ1) is 9.25. The quantitative estimate of drug-likeness (QED) is 0.782. The predicted molar refractivity (Wildman–Crippen MR) is 77.3 cm³/mol. The molecular weight excluding hydrogens is 306 g/mol. The number of halogens is 1. The molecule has 4 nitrogen and oxygen atoms in total. The maximum atomic E-state index is 5.89. The summed E-state index contributed by atoms with van der Waals surface area (Å²) in [5.41, 5.74) is 9.29. The van der Waals surface area contributed by atoms with Gasteiger partial charge in [0.2, 0.25) is 5.88 Å². The molecule has 0 aliphatic carbocycles. The van der Waals surface area contributed by atoms with Crippen LogP contribution in [-0.4, -0.2) is 10.1 Å². The Kier molecular flexibility index (Phi) is 3.05. The van der Waals surface area contributed by atoms with Crippen LogP contribution in [0.15, 0.2) is 57.8 Å². The molecule has 2 aromatic heterocycles.